The van der Waals surface area contributed by atoms with Gasteiger partial charge in [-0.1, -0.05) is 60.7 Å². The number of allylic oxidation sites excluding steroid dienone is 1. The molecule has 2 aliphatic rings. The van der Waals surface area contributed by atoms with E-state index in [1.807, 2.05) is 60.7 Å². The van der Waals surface area contributed by atoms with Gasteiger partial charge in [-0.2, -0.15) is 0 Å². The highest BCUT2D eigenvalue weighted by atomic mass is 16.6. The van der Waals surface area contributed by atoms with Crippen molar-refractivity contribution in [3.63, 3.8) is 0 Å². The smallest absolute Gasteiger partial charge is 0.413 e. The van der Waals surface area contributed by atoms with E-state index in [1.165, 1.54) is 7.11 Å². The maximum atomic E-state index is 12.5. The van der Waals surface area contributed by atoms with Crippen molar-refractivity contribution in [3.05, 3.63) is 83.6 Å². The second kappa shape index (κ2) is 7.76. The highest BCUT2D eigenvalue weighted by Gasteiger charge is 2.43. The van der Waals surface area contributed by atoms with E-state index in [4.69, 9.17) is 14.2 Å². The molecule has 1 amide bonds. The number of nitrogens with zero attached hydrogens (tertiary/aromatic N) is 1. The summed E-state index contributed by atoms with van der Waals surface area (Å²) in [6.45, 7) is 0.246. The Balaban J connectivity index is 1.67. The molecule has 2 heterocycles. The summed E-state index contributed by atoms with van der Waals surface area (Å²) in [7, 11) is 1.31. The summed E-state index contributed by atoms with van der Waals surface area (Å²) in [5.74, 6) is -0.535. The summed E-state index contributed by atoms with van der Waals surface area (Å²) >= 11 is 0. The second-order valence-corrected chi connectivity index (χ2v) is 6.76. The van der Waals surface area contributed by atoms with E-state index in [1.54, 1.807) is 11.0 Å². The van der Waals surface area contributed by atoms with Crippen LogP contribution in [0.4, 0.5) is 4.79 Å². The van der Waals surface area contributed by atoms with Gasteiger partial charge >= 0.3 is 12.1 Å². The highest BCUT2D eigenvalue weighted by molar-refractivity contribution is 5.86. The summed E-state index contributed by atoms with van der Waals surface area (Å²) in [5.41, 5.74) is 2.00. The third-order valence-corrected chi connectivity index (χ3v) is 5.09. The fourth-order valence-corrected chi connectivity index (χ4v) is 3.70. The van der Waals surface area contributed by atoms with Crippen LogP contribution in [-0.4, -0.2) is 36.9 Å². The summed E-state index contributed by atoms with van der Waals surface area (Å²) in [5, 5.41) is 0. The van der Waals surface area contributed by atoms with Gasteiger partial charge in [-0.15, -0.1) is 0 Å². The average Bonchev–Trinajstić information content (AvgIpc) is 3.15. The van der Waals surface area contributed by atoms with Gasteiger partial charge in [0, 0.05) is 12.3 Å². The number of amides is 1. The minimum absolute atomic E-state index is 0.0844. The zero-order chi connectivity index (χ0) is 19.5. The molecule has 1 saturated heterocycles. The Morgan fingerprint density at radius 1 is 1.04 bits per heavy atom. The first-order valence-electron chi connectivity index (χ1n) is 9.19. The Morgan fingerprint density at radius 2 is 1.68 bits per heavy atom. The number of ether oxygens (including phenoxy) is 3. The predicted octanol–water partition coefficient (Wildman–Crippen LogP) is 3.77. The Morgan fingerprint density at radius 3 is 2.32 bits per heavy atom. The summed E-state index contributed by atoms with van der Waals surface area (Å²) in [6.07, 6.45) is 1.20. The molecule has 0 aromatic heterocycles. The Bertz CT molecular complexity index is 880. The van der Waals surface area contributed by atoms with Gasteiger partial charge in [0.25, 0.3) is 0 Å². The van der Waals surface area contributed by atoms with Gasteiger partial charge in [-0.05, 0) is 17.2 Å². The number of esters is 1. The van der Waals surface area contributed by atoms with Crippen LogP contribution in [0.2, 0.25) is 0 Å². The van der Waals surface area contributed by atoms with Crippen molar-refractivity contribution in [2.24, 2.45) is 0 Å². The molecule has 28 heavy (non-hydrogen) atoms. The number of hydrogen-bond donors (Lipinski definition) is 0. The number of rotatable bonds is 4. The molecule has 0 radical (unpaired) electrons. The molecule has 6 nitrogen and oxygen atoms in total. The van der Waals surface area contributed by atoms with E-state index in [0.29, 0.717) is 6.42 Å². The summed E-state index contributed by atoms with van der Waals surface area (Å²) in [6, 6.07) is 19.2. The lowest BCUT2D eigenvalue weighted by Crippen LogP contribution is -2.43. The lowest BCUT2D eigenvalue weighted by Gasteiger charge is -2.36. The minimum Gasteiger partial charge on any atom is -0.463 e. The largest absolute Gasteiger partial charge is 0.463 e. The maximum absolute atomic E-state index is 12.5. The van der Waals surface area contributed by atoms with Crippen LogP contribution < -0.4 is 0 Å². The van der Waals surface area contributed by atoms with Gasteiger partial charge in [0.15, 0.2) is 6.23 Å². The fourth-order valence-electron chi connectivity index (χ4n) is 3.70. The molecule has 1 fully saturated rings. The second-order valence-electron chi connectivity index (χ2n) is 6.76. The number of carbonyl (C=O) groups is 2. The normalized spacial score (nSPS) is 24.2. The number of hydrogen-bond acceptors (Lipinski definition) is 5. The predicted molar refractivity (Wildman–Crippen MR) is 101 cm³/mol. The molecule has 4 rings (SSSR count). The molecular formula is C22H21NO5. The summed E-state index contributed by atoms with van der Waals surface area (Å²) < 4.78 is 16.1. The van der Waals surface area contributed by atoms with Gasteiger partial charge in [0.05, 0.1) is 13.2 Å². The number of methoxy groups -OCH3 is 1. The van der Waals surface area contributed by atoms with E-state index in [0.717, 1.165) is 11.1 Å². The van der Waals surface area contributed by atoms with Crippen LogP contribution in [-0.2, 0) is 19.0 Å². The zero-order valence-electron chi connectivity index (χ0n) is 15.5. The third-order valence-electron chi connectivity index (χ3n) is 5.09. The Hall–Kier alpha value is -3.28. The van der Waals surface area contributed by atoms with Crippen molar-refractivity contribution in [1.29, 1.82) is 0 Å². The molecule has 0 unspecified atom stereocenters. The SMILES string of the molecule is COC(=O)C1=C[C@@H](c2ccccc2)C[C@@H](N2C(=O)OC[C@H]2c2ccccc2)O1. The van der Waals surface area contributed by atoms with E-state index in [2.05, 4.69) is 0 Å². The quantitative estimate of drug-likeness (QED) is 0.757. The molecule has 3 atom stereocenters. The Labute approximate surface area is 163 Å². The van der Waals surface area contributed by atoms with E-state index >= 15 is 0 Å². The van der Waals surface area contributed by atoms with Crippen LogP contribution in [0.15, 0.2) is 72.5 Å². The van der Waals surface area contributed by atoms with Gasteiger partial charge in [0.1, 0.15) is 6.61 Å². The molecule has 0 aliphatic carbocycles. The molecule has 6 heteroatoms. The minimum atomic E-state index is -0.635. The molecule has 2 aromatic rings. The molecule has 2 aromatic carbocycles. The number of carbonyl (C=O) groups excluding carboxylic acids is 2. The molecule has 0 N–H and O–H groups in total. The van der Waals surface area contributed by atoms with Crippen molar-refractivity contribution in [3.8, 4) is 0 Å². The number of benzene rings is 2. The first-order valence-corrected chi connectivity index (χ1v) is 9.19. The molecule has 144 valence electrons. The lowest BCUT2D eigenvalue weighted by atomic mass is 9.91. The maximum Gasteiger partial charge on any atom is 0.413 e. The van der Waals surface area contributed by atoms with Gasteiger partial charge in [0.2, 0.25) is 5.76 Å². The average molecular weight is 379 g/mol. The van der Waals surface area contributed by atoms with Crippen molar-refractivity contribution in [1.82, 2.24) is 4.90 Å². The van der Waals surface area contributed by atoms with Crippen LogP contribution in [0.3, 0.4) is 0 Å². The highest BCUT2D eigenvalue weighted by Crippen LogP contribution is 2.38. The number of cyclic esters (lactones) is 1. The fraction of sp³-hybridized carbons (Fsp3) is 0.273. The van der Waals surface area contributed by atoms with Crippen LogP contribution in [0.5, 0.6) is 0 Å². The van der Waals surface area contributed by atoms with Gasteiger partial charge < -0.3 is 14.2 Å². The first kappa shape index (κ1) is 18.1. The molecular weight excluding hydrogens is 358 g/mol. The van der Waals surface area contributed by atoms with Gasteiger partial charge in [-0.3, -0.25) is 4.90 Å². The molecule has 2 aliphatic heterocycles. The monoisotopic (exact) mass is 379 g/mol. The molecule has 0 saturated carbocycles. The van der Waals surface area contributed by atoms with Crippen molar-refractivity contribution >= 4 is 12.1 Å². The van der Waals surface area contributed by atoms with E-state index < -0.39 is 18.3 Å². The van der Waals surface area contributed by atoms with Crippen LogP contribution in [0.25, 0.3) is 0 Å². The first-order chi connectivity index (χ1) is 13.7. The van der Waals surface area contributed by atoms with Crippen LogP contribution in [0.1, 0.15) is 29.5 Å². The van der Waals surface area contributed by atoms with Crippen LogP contribution in [0, 0.1) is 0 Å². The van der Waals surface area contributed by atoms with Crippen LogP contribution >= 0.6 is 0 Å². The molecule has 0 bridgehead atoms. The van der Waals surface area contributed by atoms with E-state index in [9.17, 15) is 9.59 Å². The van der Waals surface area contributed by atoms with Gasteiger partial charge in [-0.25, -0.2) is 9.59 Å². The van der Waals surface area contributed by atoms with Crippen molar-refractivity contribution in [2.45, 2.75) is 24.6 Å². The lowest BCUT2D eigenvalue weighted by molar-refractivity contribution is -0.144. The zero-order valence-corrected chi connectivity index (χ0v) is 15.5. The van der Waals surface area contributed by atoms with Crippen molar-refractivity contribution in [2.75, 3.05) is 13.7 Å². The molecule has 0 spiro atoms. The summed E-state index contributed by atoms with van der Waals surface area (Å²) in [4.78, 5) is 26.3. The third kappa shape index (κ3) is 3.45. The van der Waals surface area contributed by atoms with Crippen molar-refractivity contribution < 1.29 is 23.8 Å². The van der Waals surface area contributed by atoms with E-state index in [-0.39, 0.29) is 24.3 Å². The topological polar surface area (TPSA) is 65.1 Å². The Kier molecular flexibility index (Phi) is 5.02. The standard InChI is InChI=1S/C22H21NO5/c1-26-21(24)19-12-17(15-8-4-2-5-9-15)13-20(28-19)23-18(14-27-22(23)25)16-10-6-3-7-11-16/h2-12,17-18,20H,13-14H2,1H3/t17-,18+,20+/m1/s1.